The summed E-state index contributed by atoms with van der Waals surface area (Å²) >= 11 is 3.35. The van der Waals surface area contributed by atoms with Crippen LogP contribution in [0.25, 0.3) is 0 Å². The molecule has 92 valence electrons. The summed E-state index contributed by atoms with van der Waals surface area (Å²) in [6, 6.07) is 7.52. The maximum absolute atomic E-state index is 11.7. The first-order valence-electron chi connectivity index (χ1n) is 5.62. The topological polar surface area (TPSA) is 50.4 Å². The Bertz CT molecular complexity index is 375. The maximum Gasteiger partial charge on any atom is 0.227 e. The van der Waals surface area contributed by atoms with Gasteiger partial charge in [-0.05, 0) is 24.3 Å². The van der Waals surface area contributed by atoms with E-state index >= 15 is 0 Å². The van der Waals surface area contributed by atoms with Crippen molar-refractivity contribution in [3.05, 3.63) is 28.7 Å². The van der Waals surface area contributed by atoms with Crippen LogP contribution >= 0.6 is 15.9 Å². The highest BCUT2D eigenvalue weighted by atomic mass is 79.9. The summed E-state index contributed by atoms with van der Waals surface area (Å²) in [7, 11) is 0. The molecule has 0 saturated carbocycles. The third-order valence-electron chi connectivity index (χ3n) is 2.55. The molecule has 1 aromatic carbocycles. The summed E-state index contributed by atoms with van der Waals surface area (Å²) in [5, 5.41) is 6.05. The smallest absolute Gasteiger partial charge is 0.227 e. The number of nitrogens with one attached hydrogen (secondary N) is 2. The fraction of sp³-hybridized carbons (Fsp3) is 0.417. The summed E-state index contributed by atoms with van der Waals surface area (Å²) in [6.07, 6.45) is 0.377. The molecule has 1 saturated heterocycles. The molecule has 0 radical (unpaired) electrons. The number of hydrogen-bond donors (Lipinski definition) is 2. The average Bonchev–Trinajstić information content (AvgIpc) is 2.33. The van der Waals surface area contributed by atoms with Gasteiger partial charge in [0.1, 0.15) is 0 Å². The van der Waals surface area contributed by atoms with Crippen LogP contribution in [0, 0.1) is 0 Å². The van der Waals surface area contributed by atoms with Gasteiger partial charge in [-0.25, -0.2) is 0 Å². The zero-order chi connectivity index (χ0) is 12.1. The quantitative estimate of drug-likeness (QED) is 0.894. The van der Waals surface area contributed by atoms with Gasteiger partial charge in [0.15, 0.2) is 0 Å². The molecule has 1 aliphatic rings. The van der Waals surface area contributed by atoms with Crippen molar-refractivity contribution >= 4 is 27.5 Å². The number of halogens is 1. The van der Waals surface area contributed by atoms with Crippen molar-refractivity contribution in [2.75, 3.05) is 25.0 Å². The molecule has 4 nitrogen and oxygen atoms in total. The van der Waals surface area contributed by atoms with Gasteiger partial charge in [-0.2, -0.15) is 0 Å². The van der Waals surface area contributed by atoms with Crippen molar-refractivity contribution in [3.8, 4) is 0 Å². The molecule has 0 aromatic heterocycles. The molecule has 17 heavy (non-hydrogen) atoms. The summed E-state index contributed by atoms with van der Waals surface area (Å²) in [6.45, 7) is 2.29. The van der Waals surface area contributed by atoms with Crippen molar-refractivity contribution in [1.29, 1.82) is 0 Å². The monoisotopic (exact) mass is 298 g/mol. The molecule has 5 heteroatoms. The van der Waals surface area contributed by atoms with E-state index in [-0.39, 0.29) is 12.0 Å². The number of carbonyl (C=O) groups excluding carboxylic acids is 1. The Labute approximate surface area is 109 Å². The molecule has 1 fully saturated rings. The first-order valence-corrected chi connectivity index (χ1v) is 6.41. The molecule has 1 aromatic rings. The number of hydrogen-bond acceptors (Lipinski definition) is 3. The van der Waals surface area contributed by atoms with Gasteiger partial charge in [0.05, 0.1) is 19.1 Å². The van der Waals surface area contributed by atoms with Crippen molar-refractivity contribution in [2.24, 2.45) is 0 Å². The van der Waals surface area contributed by atoms with E-state index in [1.807, 2.05) is 24.3 Å². The first kappa shape index (κ1) is 12.5. The molecular weight excluding hydrogens is 284 g/mol. The number of anilines is 1. The van der Waals surface area contributed by atoms with Crippen LogP contribution in [-0.2, 0) is 9.53 Å². The zero-order valence-corrected chi connectivity index (χ0v) is 11.0. The van der Waals surface area contributed by atoms with Crippen molar-refractivity contribution in [2.45, 2.75) is 12.5 Å². The Balaban J connectivity index is 1.82. The predicted molar refractivity (Wildman–Crippen MR) is 70.0 cm³/mol. The highest BCUT2D eigenvalue weighted by molar-refractivity contribution is 9.10. The van der Waals surface area contributed by atoms with Crippen molar-refractivity contribution in [3.63, 3.8) is 0 Å². The second-order valence-corrected chi connectivity index (χ2v) is 4.87. The number of amides is 1. The van der Waals surface area contributed by atoms with Crippen LogP contribution in [-0.4, -0.2) is 31.7 Å². The summed E-state index contributed by atoms with van der Waals surface area (Å²) in [4.78, 5) is 11.7. The predicted octanol–water partition coefficient (Wildman–Crippen LogP) is 1.77. The van der Waals surface area contributed by atoms with Crippen LogP contribution in [0.5, 0.6) is 0 Å². The molecule has 1 unspecified atom stereocenters. The molecule has 1 atom stereocenters. The van der Waals surface area contributed by atoms with Gasteiger partial charge in [-0.15, -0.1) is 0 Å². The Morgan fingerprint density at radius 1 is 1.47 bits per heavy atom. The highest BCUT2D eigenvalue weighted by Gasteiger charge is 2.17. The molecule has 1 aliphatic heterocycles. The lowest BCUT2D eigenvalue weighted by molar-refractivity contribution is -0.119. The van der Waals surface area contributed by atoms with E-state index in [1.54, 1.807) is 0 Å². The second kappa shape index (κ2) is 6.14. The second-order valence-electron chi connectivity index (χ2n) is 3.96. The average molecular weight is 299 g/mol. The normalized spacial score (nSPS) is 19.9. The lowest BCUT2D eigenvalue weighted by Crippen LogP contribution is -2.40. The molecule has 1 amide bonds. The van der Waals surface area contributed by atoms with Gasteiger partial charge >= 0.3 is 0 Å². The Hall–Kier alpha value is -0.910. The summed E-state index contributed by atoms with van der Waals surface area (Å²) in [5.74, 6) is -0.0129. The van der Waals surface area contributed by atoms with Crippen LogP contribution in [0.15, 0.2) is 28.7 Å². The number of morpholine rings is 1. The third kappa shape index (κ3) is 4.11. The number of rotatable bonds is 3. The van der Waals surface area contributed by atoms with Crippen molar-refractivity contribution in [1.82, 2.24) is 5.32 Å². The van der Waals surface area contributed by atoms with Gasteiger partial charge in [-0.1, -0.05) is 15.9 Å². The highest BCUT2D eigenvalue weighted by Crippen LogP contribution is 2.14. The number of ether oxygens (including phenoxy) is 1. The van der Waals surface area contributed by atoms with E-state index in [9.17, 15) is 4.79 Å². The van der Waals surface area contributed by atoms with Gasteiger partial charge in [0, 0.05) is 23.2 Å². The van der Waals surface area contributed by atoms with E-state index in [0.717, 1.165) is 23.2 Å². The standard InChI is InChI=1S/C12H15BrN2O2/c13-9-1-3-10(4-2-9)15-12(16)7-11-8-14-5-6-17-11/h1-4,11,14H,5-8H2,(H,15,16). The summed E-state index contributed by atoms with van der Waals surface area (Å²) in [5.41, 5.74) is 0.807. The number of benzene rings is 1. The minimum Gasteiger partial charge on any atom is -0.375 e. The first-order chi connectivity index (χ1) is 8.24. The van der Waals surface area contributed by atoms with Gasteiger partial charge in [0.2, 0.25) is 5.91 Å². The molecule has 0 bridgehead atoms. The van der Waals surface area contributed by atoms with E-state index in [1.165, 1.54) is 0 Å². The molecule has 2 N–H and O–H groups in total. The van der Waals surface area contributed by atoms with E-state index in [4.69, 9.17) is 4.74 Å². The lowest BCUT2D eigenvalue weighted by atomic mass is 10.2. The lowest BCUT2D eigenvalue weighted by Gasteiger charge is -2.23. The molecule has 1 heterocycles. The van der Waals surface area contributed by atoms with Gasteiger partial charge in [-0.3, -0.25) is 4.79 Å². The molecule has 0 aliphatic carbocycles. The fourth-order valence-electron chi connectivity index (χ4n) is 1.70. The number of carbonyl (C=O) groups is 1. The van der Waals surface area contributed by atoms with Gasteiger partial charge < -0.3 is 15.4 Å². The van der Waals surface area contributed by atoms with Crippen LogP contribution < -0.4 is 10.6 Å². The largest absolute Gasteiger partial charge is 0.375 e. The van der Waals surface area contributed by atoms with Crippen LogP contribution in [0.3, 0.4) is 0 Å². The zero-order valence-electron chi connectivity index (χ0n) is 9.41. The van der Waals surface area contributed by atoms with Crippen LogP contribution in [0.4, 0.5) is 5.69 Å². The Morgan fingerprint density at radius 2 is 2.24 bits per heavy atom. The van der Waals surface area contributed by atoms with Crippen LogP contribution in [0.1, 0.15) is 6.42 Å². The Morgan fingerprint density at radius 3 is 2.88 bits per heavy atom. The van der Waals surface area contributed by atoms with Gasteiger partial charge in [0.25, 0.3) is 0 Å². The summed E-state index contributed by atoms with van der Waals surface area (Å²) < 4.78 is 6.47. The minimum atomic E-state index is -0.0146. The van der Waals surface area contributed by atoms with E-state index < -0.39 is 0 Å². The Kier molecular flexibility index (Phi) is 4.53. The van der Waals surface area contributed by atoms with E-state index in [0.29, 0.717) is 13.0 Å². The van der Waals surface area contributed by atoms with Crippen molar-refractivity contribution < 1.29 is 9.53 Å². The minimum absolute atomic E-state index is 0.0129. The maximum atomic E-state index is 11.7. The SMILES string of the molecule is O=C(CC1CNCCO1)Nc1ccc(Br)cc1. The fourth-order valence-corrected chi connectivity index (χ4v) is 1.97. The molecule has 2 rings (SSSR count). The van der Waals surface area contributed by atoms with Crippen LogP contribution in [0.2, 0.25) is 0 Å². The van der Waals surface area contributed by atoms with E-state index in [2.05, 4.69) is 26.6 Å². The third-order valence-corrected chi connectivity index (χ3v) is 3.07. The molecular formula is C12H15BrN2O2. The molecule has 0 spiro atoms.